The SMILES string of the molecule is N#Cc1ccc(N2C[C@H]3CN(C(=O)C4CCOCC4)CC[C@@]3(CO)C2)cc1C(F)(F)F. The number of rotatable bonds is 3. The van der Waals surface area contributed by atoms with E-state index in [1.54, 1.807) is 6.07 Å². The van der Waals surface area contributed by atoms with Crippen molar-refractivity contribution in [1.29, 1.82) is 5.26 Å². The van der Waals surface area contributed by atoms with E-state index >= 15 is 0 Å². The molecule has 1 aromatic carbocycles. The van der Waals surface area contributed by atoms with E-state index in [0.29, 0.717) is 64.3 Å². The van der Waals surface area contributed by atoms with E-state index in [9.17, 15) is 23.1 Å². The minimum Gasteiger partial charge on any atom is -0.396 e. The Balaban J connectivity index is 1.53. The molecule has 0 aliphatic carbocycles. The van der Waals surface area contributed by atoms with E-state index in [1.165, 1.54) is 12.1 Å². The first kappa shape index (κ1) is 21.9. The number of hydrogen-bond acceptors (Lipinski definition) is 5. The zero-order valence-corrected chi connectivity index (χ0v) is 17.2. The summed E-state index contributed by atoms with van der Waals surface area (Å²) in [6.45, 7) is 3.02. The van der Waals surface area contributed by atoms with Crippen molar-refractivity contribution in [1.82, 2.24) is 4.90 Å². The molecule has 1 amide bonds. The van der Waals surface area contributed by atoms with Gasteiger partial charge in [0, 0.05) is 62.3 Å². The Kier molecular flexibility index (Phi) is 5.88. The number of aliphatic hydroxyl groups excluding tert-OH is 1. The Hall–Kier alpha value is -2.31. The van der Waals surface area contributed by atoms with E-state index in [2.05, 4.69) is 0 Å². The molecule has 168 valence electrons. The molecule has 6 nitrogen and oxygen atoms in total. The average Bonchev–Trinajstić information content (AvgIpc) is 3.17. The van der Waals surface area contributed by atoms with Gasteiger partial charge in [-0.2, -0.15) is 18.4 Å². The predicted molar refractivity (Wildman–Crippen MR) is 106 cm³/mol. The quantitative estimate of drug-likeness (QED) is 0.787. The van der Waals surface area contributed by atoms with Crippen molar-refractivity contribution in [2.24, 2.45) is 17.3 Å². The van der Waals surface area contributed by atoms with Crippen LogP contribution in [-0.4, -0.2) is 61.9 Å². The molecule has 0 unspecified atom stereocenters. The Morgan fingerprint density at radius 2 is 2.03 bits per heavy atom. The lowest BCUT2D eigenvalue weighted by molar-refractivity contribution is -0.142. The minimum absolute atomic E-state index is 0.0278. The van der Waals surface area contributed by atoms with Gasteiger partial charge in [-0.3, -0.25) is 4.79 Å². The molecule has 1 aromatic rings. The summed E-state index contributed by atoms with van der Waals surface area (Å²) in [5.74, 6) is 0.0480. The fourth-order valence-corrected chi connectivity index (χ4v) is 5.20. The van der Waals surface area contributed by atoms with E-state index in [1.807, 2.05) is 9.80 Å². The number of fused-ring (bicyclic) bond motifs is 1. The van der Waals surface area contributed by atoms with Crippen LogP contribution in [0.25, 0.3) is 0 Å². The highest BCUT2D eigenvalue weighted by molar-refractivity contribution is 5.79. The van der Waals surface area contributed by atoms with Crippen LogP contribution in [-0.2, 0) is 15.7 Å². The molecule has 0 bridgehead atoms. The van der Waals surface area contributed by atoms with Crippen molar-refractivity contribution < 1.29 is 27.8 Å². The number of likely N-dealkylation sites (tertiary alicyclic amines) is 1. The number of ether oxygens (including phenoxy) is 1. The molecule has 3 saturated heterocycles. The lowest BCUT2D eigenvalue weighted by atomic mass is 9.73. The average molecular weight is 437 g/mol. The number of benzene rings is 1. The smallest absolute Gasteiger partial charge is 0.396 e. The number of amides is 1. The largest absolute Gasteiger partial charge is 0.417 e. The van der Waals surface area contributed by atoms with Gasteiger partial charge in [0.15, 0.2) is 0 Å². The standard InChI is InChI=1S/C22H26F3N3O3/c23-22(24,25)19-9-18(2-1-16(19)10-26)28-12-17-11-27(6-5-21(17,13-28)14-29)20(30)15-3-7-31-8-4-15/h1-2,9,15,17,29H,3-8,11-14H2/t17-,21+/m1/s1. The highest BCUT2D eigenvalue weighted by atomic mass is 19.4. The van der Waals surface area contributed by atoms with Crippen LogP contribution in [0.3, 0.4) is 0 Å². The molecule has 2 atom stereocenters. The topological polar surface area (TPSA) is 76.8 Å². The number of carbonyl (C=O) groups is 1. The summed E-state index contributed by atoms with van der Waals surface area (Å²) in [4.78, 5) is 16.7. The van der Waals surface area contributed by atoms with Crippen molar-refractivity contribution in [3.63, 3.8) is 0 Å². The third-order valence-electron chi connectivity index (χ3n) is 7.12. The first-order chi connectivity index (χ1) is 14.8. The maximum atomic E-state index is 13.4. The molecule has 31 heavy (non-hydrogen) atoms. The lowest BCUT2D eigenvalue weighted by Gasteiger charge is -2.43. The van der Waals surface area contributed by atoms with Gasteiger partial charge in [0.2, 0.25) is 5.91 Å². The number of halogens is 3. The second kappa shape index (κ2) is 8.32. The van der Waals surface area contributed by atoms with Crippen LogP contribution in [0, 0.1) is 28.6 Å². The first-order valence-corrected chi connectivity index (χ1v) is 10.6. The molecule has 1 N–H and O–H groups in total. The molecule has 3 aliphatic rings. The summed E-state index contributed by atoms with van der Waals surface area (Å²) in [5.41, 5.74) is -1.41. The van der Waals surface area contributed by atoms with Crippen molar-refractivity contribution in [2.75, 3.05) is 50.9 Å². The number of piperidine rings is 1. The fourth-order valence-electron chi connectivity index (χ4n) is 5.20. The molecule has 0 spiro atoms. The number of anilines is 1. The van der Waals surface area contributed by atoms with Crippen LogP contribution < -0.4 is 4.90 Å². The molecule has 0 saturated carbocycles. The monoisotopic (exact) mass is 437 g/mol. The Morgan fingerprint density at radius 3 is 2.68 bits per heavy atom. The number of carbonyl (C=O) groups excluding carboxylic acids is 1. The fraction of sp³-hybridized carbons (Fsp3) is 0.636. The van der Waals surface area contributed by atoms with Gasteiger partial charge < -0.3 is 19.6 Å². The maximum absolute atomic E-state index is 13.4. The molecule has 4 rings (SSSR count). The van der Waals surface area contributed by atoms with Gasteiger partial charge in [-0.05, 0) is 37.5 Å². The maximum Gasteiger partial charge on any atom is 0.417 e. The normalized spacial score (nSPS) is 27.1. The highest BCUT2D eigenvalue weighted by Gasteiger charge is 2.50. The van der Waals surface area contributed by atoms with Crippen LogP contribution in [0.2, 0.25) is 0 Å². The van der Waals surface area contributed by atoms with Crippen molar-refractivity contribution >= 4 is 11.6 Å². The zero-order valence-electron chi connectivity index (χ0n) is 17.2. The van der Waals surface area contributed by atoms with Gasteiger partial charge in [0.05, 0.1) is 23.8 Å². The van der Waals surface area contributed by atoms with Gasteiger partial charge in [0.25, 0.3) is 0 Å². The van der Waals surface area contributed by atoms with Crippen molar-refractivity contribution in [3.8, 4) is 6.07 Å². The number of nitrogens with zero attached hydrogens (tertiary/aromatic N) is 3. The van der Waals surface area contributed by atoms with Gasteiger partial charge >= 0.3 is 6.18 Å². The van der Waals surface area contributed by atoms with Crippen LogP contribution in [0.1, 0.15) is 30.4 Å². The van der Waals surface area contributed by atoms with E-state index < -0.39 is 22.7 Å². The summed E-state index contributed by atoms with van der Waals surface area (Å²) in [6.07, 6.45) is -2.58. The molecule has 3 heterocycles. The third-order valence-corrected chi connectivity index (χ3v) is 7.12. The zero-order chi connectivity index (χ0) is 22.2. The molecule has 3 aliphatic heterocycles. The Bertz CT molecular complexity index is 879. The van der Waals surface area contributed by atoms with Crippen molar-refractivity contribution in [3.05, 3.63) is 29.3 Å². The third kappa shape index (κ3) is 4.11. The van der Waals surface area contributed by atoms with Gasteiger partial charge in [-0.25, -0.2) is 0 Å². The van der Waals surface area contributed by atoms with Crippen LogP contribution in [0.15, 0.2) is 18.2 Å². The summed E-state index contributed by atoms with van der Waals surface area (Å²) >= 11 is 0. The molecular weight excluding hydrogens is 411 g/mol. The molecule has 0 radical (unpaired) electrons. The second-order valence-electron chi connectivity index (χ2n) is 8.86. The van der Waals surface area contributed by atoms with Crippen molar-refractivity contribution in [2.45, 2.75) is 25.4 Å². The van der Waals surface area contributed by atoms with Crippen LogP contribution in [0.4, 0.5) is 18.9 Å². The highest BCUT2D eigenvalue weighted by Crippen LogP contribution is 2.45. The Morgan fingerprint density at radius 1 is 1.29 bits per heavy atom. The summed E-state index contributed by atoms with van der Waals surface area (Å²) in [5, 5.41) is 19.2. The molecular formula is C22H26F3N3O3. The van der Waals surface area contributed by atoms with E-state index in [0.717, 1.165) is 6.07 Å². The second-order valence-corrected chi connectivity index (χ2v) is 8.86. The summed E-state index contributed by atoms with van der Waals surface area (Å²) < 4.78 is 45.5. The number of alkyl halides is 3. The predicted octanol–water partition coefficient (Wildman–Crippen LogP) is 2.65. The number of aliphatic hydroxyl groups is 1. The molecule has 9 heteroatoms. The minimum atomic E-state index is -4.62. The molecule has 0 aromatic heterocycles. The number of hydrogen-bond donors (Lipinski definition) is 1. The van der Waals surface area contributed by atoms with Crippen LogP contribution in [0.5, 0.6) is 0 Å². The lowest BCUT2D eigenvalue weighted by Crippen LogP contribution is -2.52. The van der Waals surface area contributed by atoms with E-state index in [-0.39, 0.29) is 24.3 Å². The van der Waals surface area contributed by atoms with Gasteiger partial charge in [0.1, 0.15) is 0 Å². The van der Waals surface area contributed by atoms with Crippen LogP contribution >= 0.6 is 0 Å². The van der Waals surface area contributed by atoms with Gasteiger partial charge in [-0.1, -0.05) is 0 Å². The summed E-state index contributed by atoms with van der Waals surface area (Å²) in [7, 11) is 0. The summed E-state index contributed by atoms with van der Waals surface area (Å²) in [6, 6.07) is 5.36. The Labute approximate surface area is 179 Å². The van der Waals surface area contributed by atoms with Gasteiger partial charge in [-0.15, -0.1) is 0 Å². The molecule has 3 fully saturated rings. The van der Waals surface area contributed by atoms with E-state index in [4.69, 9.17) is 10.00 Å². The first-order valence-electron chi connectivity index (χ1n) is 10.6. The number of nitriles is 1.